The summed E-state index contributed by atoms with van der Waals surface area (Å²) in [6.07, 6.45) is 1.72. The molecule has 9 heteroatoms. The number of nitrogens with one attached hydrogen (secondary N) is 3. The first kappa shape index (κ1) is 21.3. The van der Waals surface area contributed by atoms with Crippen molar-refractivity contribution in [3.05, 3.63) is 88.7 Å². The Balaban J connectivity index is 1.30. The Morgan fingerprint density at radius 2 is 1.81 bits per heavy atom. The molecule has 0 aliphatic heterocycles. The summed E-state index contributed by atoms with van der Waals surface area (Å²) in [5, 5.41) is 13.4. The second-order valence-electron chi connectivity index (χ2n) is 7.16. The van der Waals surface area contributed by atoms with Crippen molar-refractivity contribution in [2.45, 2.75) is 20.4 Å². The van der Waals surface area contributed by atoms with Crippen molar-refractivity contribution in [2.75, 3.05) is 10.6 Å². The number of amides is 3. The van der Waals surface area contributed by atoms with Crippen LogP contribution >= 0.6 is 11.3 Å². The lowest BCUT2D eigenvalue weighted by atomic mass is 10.2. The number of benzene rings is 1. The number of aromatic nitrogens is 3. The van der Waals surface area contributed by atoms with Crippen LogP contribution < -0.4 is 16.0 Å². The minimum Gasteiger partial charge on any atom is -0.347 e. The molecule has 0 unspecified atom stereocenters. The van der Waals surface area contributed by atoms with Crippen molar-refractivity contribution in [1.82, 2.24) is 20.1 Å². The molecule has 3 amide bonds. The first-order valence-electron chi connectivity index (χ1n) is 9.97. The van der Waals surface area contributed by atoms with Crippen LogP contribution in [0, 0.1) is 13.8 Å². The van der Waals surface area contributed by atoms with Gasteiger partial charge in [-0.2, -0.15) is 5.10 Å². The van der Waals surface area contributed by atoms with Gasteiger partial charge in [-0.1, -0.05) is 24.3 Å². The van der Waals surface area contributed by atoms with Gasteiger partial charge in [0.2, 0.25) is 0 Å². The summed E-state index contributed by atoms with van der Waals surface area (Å²) in [5.74, 6) is 0.516. The van der Waals surface area contributed by atoms with Crippen LogP contribution in [0.25, 0.3) is 5.82 Å². The van der Waals surface area contributed by atoms with Crippen molar-refractivity contribution < 1.29 is 9.59 Å². The van der Waals surface area contributed by atoms with Gasteiger partial charge in [0.1, 0.15) is 0 Å². The zero-order valence-electron chi connectivity index (χ0n) is 17.6. The van der Waals surface area contributed by atoms with E-state index < -0.39 is 0 Å². The van der Waals surface area contributed by atoms with Crippen LogP contribution in [0.15, 0.2) is 66.9 Å². The van der Waals surface area contributed by atoms with Crippen molar-refractivity contribution >= 4 is 34.0 Å². The first-order chi connectivity index (χ1) is 15.5. The quantitative estimate of drug-likeness (QED) is 0.405. The number of thiophene rings is 1. The minimum atomic E-state index is -0.362. The van der Waals surface area contributed by atoms with Gasteiger partial charge >= 0.3 is 6.03 Å². The molecule has 0 spiro atoms. The molecule has 3 aromatic heterocycles. The van der Waals surface area contributed by atoms with Crippen molar-refractivity contribution in [1.29, 1.82) is 0 Å². The fourth-order valence-corrected chi connectivity index (χ4v) is 3.92. The van der Waals surface area contributed by atoms with E-state index >= 15 is 0 Å². The normalized spacial score (nSPS) is 10.6. The predicted molar refractivity (Wildman–Crippen MR) is 125 cm³/mol. The van der Waals surface area contributed by atoms with E-state index in [1.165, 1.54) is 11.3 Å². The highest BCUT2D eigenvalue weighted by molar-refractivity contribution is 7.18. The number of hydrogen-bond donors (Lipinski definition) is 3. The fourth-order valence-electron chi connectivity index (χ4n) is 3.10. The van der Waals surface area contributed by atoms with E-state index in [1.807, 2.05) is 50.2 Å². The van der Waals surface area contributed by atoms with E-state index in [4.69, 9.17) is 0 Å². The molecule has 0 aliphatic rings. The number of carbonyl (C=O) groups excluding carboxylic acids is 2. The molecule has 0 saturated heterocycles. The van der Waals surface area contributed by atoms with Crippen LogP contribution in [0.5, 0.6) is 0 Å². The number of rotatable bonds is 6. The molecule has 162 valence electrons. The number of anilines is 2. The van der Waals surface area contributed by atoms with E-state index in [-0.39, 0.29) is 11.9 Å². The number of aryl methyl sites for hydroxylation is 2. The van der Waals surface area contributed by atoms with Crippen LogP contribution in [-0.2, 0) is 6.54 Å². The Bertz CT molecular complexity index is 1230. The van der Waals surface area contributed by atoms with Gasteiger partial charge in [-0.25, -0.2) is 14.5 Å². The number of hydrogen-bond acceptors (Lipinski definition) is 5. The third-order valence-electron chi connectivity index (χ3n) is 4.59. The number of urea groups is 1. The zero-order valence-corrected chi connectivity index (χ0v) is 18.4. The Kier molecular flexibility index (Phi) is 6.27. The van der Waals surface area contributed by atoms with Gasteiger partial charge in [-0.15, -0.1) is 11.3 Å². The molecule has 8 nitrogen and oxygen atoms in total. The zero-order chi connectivity index (χ0) is 22.5. The summed E-state index contributed by atoms with van der Waals surface area (Å²) >= 11 is 1.21. The summed E-state index contributed by atoms with van der Waals surface area (Å²) in [5.41, 5.74) is 3.51. The molecular formula is C23H22N6O2S. The van der Waals surface area contributed by atoms with Crippen molar-refractivity contribution in [3.8, 4) is 5.82 Å². The Labute approximate surface area is 189 Å². The number of para-hydroxylation sites is 1. The minimum absolute atomic E-state index is 0.214. The SMILES string of the molecule is Cc1cc(C)n(-c2ccc(CNC(=O)c3ccc(NC(=O)Nc4ccccc4)s3)cn2)n1. The molecule has 4 aromatic rings. The predicted octanol–water partition coefficient (Wildman–Crippen LogP) is 4.52. The molecule has 0 atom stereocenters. The van der Waals surface area contributed by atoms with Crippen molar-refractivity contribution in [3.63, 3.8) is 0 Å². The standard InChI is InChI=1S/C23H22N6O2S/c1-15-12-16(2)29(28-15)20-10-8-17(13-24-20)14-25-22(30)19-9-11-21(32-19)27-23(31)26-18-6-4-3-5-7-18/h3-13H,14H2,1-2H3,(H,25,30)(H2,26,27,31). The smallest absolute Gasteiger partial charge is 0.324 e. The number of nitrogens with zero attached hydrogens (tertiary/aromatic N) is 3. The molecular weight excluding hydrogens is 424 g/mol. The van der Waals surface area contributed by atoms with Gasteiger partial charge in [0, 0.05) is 24.1 Å². The molecule has 1 aromatic carbocycles. The highest BCUT2D eigenvalue weighted by atomic mass is 32.1. The molecule has 3 N–H and O–H groups in total. The molecule has 0 bridgehead atoms. The molecule has 3 heterocycles. The van der Waals surface area contributed by atoms with E-state index in [2.05, 4.69) is 26.0 Å². The fraction of sp³-hybridized carbons (Fsp3) is 0.130. The van der Waals surface area contributed by atoms with Crippen LogP contribution in [0.4, 0.5) is 15.5 Å². The second kappa shape index (κ2) is 9.44. The first-order valence-corrected chi connectivity index (χ1v) is 10.8. The molecule has 0 aliphatic carbocycles. The maximum absolute atomic E-state index is 12.5. The highest BCUT2D eigenvalue weighted by Gasteiger charge is 2.11. The maximum atomic E-state index is 12.5. The Morgan fingerprint density at radius 1 is 1.00 bits per heavy atom. The monoisotopic (exact) mass is 446 g/mol. The summed E-state index contributed by atoms with van der Waals surface area (Å²) in [6.45, 7) is 4.26. The van der Waals surface area contributed by atoms with Crippen LogP contribution in [0.3, 0.4) is 0 Å². The van der Waals surface area contributed by atoms with Gasteiger partial charge in [0.15, 0.2) is 5.82 Å². The summed E-state index contributed by atoms with van der Waals surface area (Å²) in [4.78, 5) is 29.5. The molecule has 0 saturated carbocycles. The lowest BCUT2D eigenvalue weighted by Crippen LogP contribution is -2.22. The van der Waals surface area contributed by atoms with E-state index in [0.29, 0.717) is 22.1 Å². The van der Waals surface area contributed by atoms with Gasteiger partial charge in [-0.05, 0) is 55.8 Å². The van der Waals surface area contributed by atoms with Crippen LogP contribution in [-0.4, -0.2) is 26.7 Å². The summed E-state index contributed by atoms with van der Waals surface area (Å²) in [7, 11) is 0. The van der Waals surface area contributed by atoms with Gasteiger partial charge in [0.05, 0.1) is 15.6 Å². The lowest BCUT2D eigenvalue weighted by molar-refractivity contribution is 0.0955. The Morgan fingerprint density at radius 3 is 2.50 bits per heavy atom. The lowest BCUT2D eigenvalue weighted by Gasteiger charge is -2.07. The van der Waals surface area contributed by atoms with Crippen LogP contribution in [0.1, 0.15) is 26.6 Å². The average molecular weight is 447 g/mol. The summed E-state index contributed by atoms with van der Waals surface area (Å²) in [6, 6.07) is 17.9. The molecule has 0 radical (unpaired) electrons. The maximum Gasteiger partial charge on any atom is 0.324 e. The highest BCUT2D eigenvalue weighted by Crippen LogP contribution is 2.22. The third kappa shape index (κ3) is 5.19. The molecule has 32 heavy (non-hydrogen) atoms. The van der Waals surface area contributed by atoms with E-state index in [1.54, 1.807) is 35.1 Å². The molecule has 4 rings (SSSR count). The van der Waals surface area contributed by atoms with Gasteiger partial charge in [0.25, 0.3) is 5.91 Å². The van der Waals surface area contributed by atoms with Crippen LogP contribution in [0.2, 0.25) is 0 Å². The topological polar surface area (TPSA) is 101 Å². The van der Waals surface area contributed by atoms with E-state index in [0.717, 1.165) is 22.8 Å². The van der Waals surface area contributed by atoms with Crippen molar-refractivity contribution in [2.24, 2.45) is 0 Å². The number of pyridine rings is 1. The number of carbonyl (C=O) groups is 2. The molecule has 0 fully saturated rings. The van der Waals surface area contributed by atoms with Gasteiger partial charge in [-0.3, -0.25) is 10.1 Å². The van der Waals surface area contributed by atoms with E-state index in [9.17, 15) is 9.59 Å². The van der Waals surface area contributed by atoms with Gasteiger partial charge < -0.3 is 10.6 Å². The summed E-state index contributed by atoms with van der Waals surface area (Å²) < 4.78 is 1.78. The largest absolute Gasteiger partial charge is 0.347 e. The third-order valence-corrected chi connectivity index (χ3v) is 5.59. The Hall–Kier alpha value is -3.98. The second-order valence-corrected chi connectivity index (χ2v) is 8.24. The average Bonchev–Trinajstić information content (AvgIpc) is 3.38.